The summed E-state index contributed by atoms with van der Waals surface area (Å²) < 4.78 is 9.87. The van der Waals surface area contributed by atoms with Crippen LogP contribution < -0.4 is 10.1 Å². The molecule has 2 rings (SSSR count). The zero-order valence-corrected chi connectivity index (χ0v) is 16.2. The Bertz CT molecular complexity index is 818. The number of hydrogen-bond donors (Lipinski definition) is 1. The molecule has 0 bridgehead atoms. The average molecular weight is 399 g/mol. The van der Waals surface area contributed by atoms with E-state index >= 15 is 0 Å². The lowest BCUT2D eigenvalue weighted by atomic mass is 10.2. The number of carbonyl (C=O) groups excluding carboxylic acids is 3. The zero-order valence-electron chi connectivity index (χ0n) is 15.4. The maximum Gasteiger partial charge on any atom is 0.331 e. The standard InChI is InChI=1S/C21H21NO5S/c1-26-17-10-7-16(8-11-17)9-12-21(25)27-15-20(24)22-19(23)13-14-28-18-5-3-2-4-6-18/h2-12H,13-15H2,1H3,(H,22,23,24). The van der Waals surface area contributed by atoms with Crippen LogP contribution in [0.15, 0.2) is 65.6 Å². The normalized spacial score (nSPS) is 10.5. The van der Waals surface area contributed by atoms with Crippen LogP contribution in [0.25, 0.3) is 6.08 Å². The van der Waals surface area contributed by atoms with Crippen LogP contribution in [0.1, 0.15) is 12.0 Å². The SMILES string of the molecule is COc1ccc(C=CC(=O)OCC(=O)NC(=O)CCSc2ccccc2)cc1. The van der Waals surface area contributed by atoms with Crippen molar-refractivity contribution < 1.29 is 23.9 Å². The summed E-state index contributed by atoms with van der Waals surface area (Å²) in [6.45, 7) is -0.511. The number of amides is 2. The van der Waals surface area contributed by atoms with E-state index in [1.54, 1.807) is 37.5 Å². The van der Waals surface area contributed by atoms with Crippen molar-refractivity contribution in [2.45, 2.75) is 11.3 Å². The van der Waals surface area contributed by atoms with Crippen LogP contribution in [-0.2, 0) is 19.1 Å². The predicted octanol–water partition coefficient (Wildman–Crippen LogP) is 3.08. The van der Waals surface area contributed by atoms with Crippen molar-refractivity contribution in [3.05, 3.63) is 66.2 Å². The Labute approximate surface area is 167 Å². The highest BCUT2D eigenvalue weighted by molar-refractivity contribution is 7.99. The van der Waals surface area contributed by atoms with E-state index in [1.165, 1.54) is 17.8 Å². The third-order valence-corrected chi connectivity index (χ3v) is 4.51. The summed E-state index contributed by atoms with van der Waals surface area (Å²) >= 11 is 1.53. The maximum atomic E-state index is 11.7. The van der Waals surface area contributed by atoms with Gasteiger partial charge >= 0.3 is 5.97 Å². The number of carbonyl (C=O) groups is 3. The van der Waals surface area contributed by atoms with Gasteiger partial charge in [0, 0.05) is 23.1 Å². The van der Waals surface area contributed by atoms with Crippen molar-refractivity contribution in [2.24, 2.45) is 0 Å². The van der Waals surface area contributed by atoms with Gasteiger partial charge in [-0.05, 0) is 35.9 Å². The van der Waals surface area contributed by atoms with Gasteiger partial charge in [0.25, 0.3) is 5.91 Å². The lowest BCUT2D eigenvalue weighted by Crippen LogP contribution is -2.34. The Balaban J connectivity index is 1.64. The number of ether oxygens (including phenoxy) is 2. The highest BCUT2D eigenvalue weighted by Gasteiger charge is 2.10. The summed E-state index contributed by atoms with van der Waals surface area (Å²) in [6.07, 6.45) is 2.97. The van der Waals surface area contributed by atoms with Crippen molar-refractivity contribution in [3.8, 4) is 5.75 Å². The molecule has 0 aliphatic carbocycles. The molecule has 2 aromatic carbocycles. The number of methoxy groups -OCH3 is 1. The lowest BCUT2D eigenvalue weighted by molar-refractivity contribution is -0.145. The number of rotatable bonds is 9. The van der Waals surface area contributed by atoms with Crippen molar-refractivity contribution >= 4 is 35.6 Å². The van der Waals surface area contributed by atoms with Crippen LogP contribution in [0.3, 0.4) is 0 Å². The topological polar surface area (TPSA) is 81.7 Å². The minimum atomic E-state index is -0.668. The predicted molar refractivity (Wildman–Crippen MR) is 108 cm³/mol. The summed E-state index contributed by atoms with van der Waals surface area (Å²) in [7, 11) is 1.57. The molecule has 146 valence electrons. The quantitative estimate of drug-likeness (QED) is 0.396. The number of thioether (sulfide) groups is 1. The van der Waals surface area contributed by atoms with E-state index < -0.39 is 24.4 Å². The Morgan fingerprint density at radius 1 is 1.00 bits per heavy atom. The Morgan fingerprint density at radius 3 is 2.39 bits per heavy atom. The maximum absolute atomic E-state index is 11.7. The van der Waals surface area contributed by atoms with Gasteiger partial charge < -0.3 is 9.47 Å². The van der Waals surface area contributed by atoms with Crippen LogP contribution in [0.2, 0.25) is 0 Å². The Kier molecular flexibility index (Phi) is 8.81. The van der Waals surface area contributed by atoms with Gasteiger partial charge in [-0.1, -0.05) is 30.3 Å². The number of esters is 1. The molecule has 2 aromatic rings. The number of benzene rings is 2. The number of nitrogens with one attached hydrogen (secondary N) is 1. The minimum absolute atomic E-state index is 0.191. The summed E-state index contributed by atoms with van der Waals surface area (Å²) in [4.78, 5) is 36.1. The van der Waals surface area contributed by atoms with E-state index in [9.17, 15) is 14.4 Å². The smallest absolute Gasteiger partial charge is 0.331 e. The van der Waals surface area contributed by atoms with Crippen molar-refractivity contribution in [1.82, 2.24) is 5.32 Å². The molecule has 0 radical (unpaired) electrons. The first-order valence-electron chi connectivity index (χ1n) is 8.56. The van der Waals surface area contributed by atoms with Gasteiger partial charge in [-0.25, -0.2) is 4.79 Å². The van der Waals surface area contributed by atoms with Gasteiger partial charge in [0.1, 0.15) is 5.75 Å². The fraction of sp³-hybridized carbons (Fsp3) is 0.190. The van der Waals surface area contributed by atoms with Crippen molar-refractivity contribution in [3.63, 3.8) is 0 Å². The number of imide groups is 1. The van der Waals surface area contributed by atoms with E-state index in [0.717, 1.165) is 10.5 Å². The van der Waals surface area contributed by atoms with Gasteiger partial charge in [-0.3, -0.25) is 14.9 Å². The monoisotopic (exact) mass is 399 g/mol. The van der Waals surface area contributed by atoms with Crippen molar-refractivity contribution in [1.29, 1.82) is 0 Å². The molecular weight excluding hydrogens is 378 g/mol. The molecule has 28 heavy (non-hydrogen) atoms. The van der Waals surface area contributed by atoms with Crippen LogP contribution >= 0.6 is 11.8 Å². The molecule has 0 saturated heterocycles. The molecule has 0 saturated carbocycles. The Hall–Kier alpha value is -3.06. The van der Waals surface area contributed by atoms with Crippen LogP contribution in [0, 0.1) is 0 Å². The van der Waals surface area contributed by atoms with Gasteiger partial charge in [0.15, 0.2) is 6.61 Å². The minimum Gasteiger partial charge on any atom is -0.497 e. The van der Waals surface area contributed by atoms with E-state index in [-0.39, 0.29) is 6.42 Å². The summed E-state index contributed by atoms with van der Waals surface area (Å²) in [5, 5.41) is 2.20. The highest BCUT2D eigenvalue weighted by atomic mass is 32.2. The van der Waals surface area contributed by atoms with Gasteiger partial charge in [0.2, 0.25) is 5.91 Å². The molecular formula is C21H21NO5S. The fourth-order valence-corrected chi connectivity index (χ4v) is 2.97. The molecule has 6 nitrogen and oxygen atoms in total. The lowest BCUT2D eigenvalue weighted by Gasteiger charge is -2.05. The first kappa shape index (κ1) is 21.2. The average Bonchev–Trinajstić information content (AvgIpc) is 2.72. The summed E-state index contributed by atoms with van der Waals surface area (Å²) in [5.41, 5.74) is 0.785. The highest BCUT2D eigenvalue weighted by Crippen LogP contribution is 2.17. The first-order valence-corrected chi connectivity index (χ1v) is 9.55. The third-order valence-electron chi connectivity index (χ3n) is 3.49. The molecule has 0 aromatic heterocycles. The van der Waals surface area contributed by atoms with Gasteiger partial charge in [-0.15, -0.1) is 11.8 Å². The molecule has 0 unspecified atom stereocenters. The molecule has 0 spiro atoms. The second-order valence-electron chi connectivity index (χ2n) is 5.60. The van der Waals surface area contributed by atoms with Crippen LogP contribution in [-0.4, -0.2) is 37.3 Å². The van der Waals surface area contributed by atoms with E-state index in [0.29, 0.717) is 11.5 Å². The summed E-state index contributed by atoms with van der Waals surface area (Å²) in [5.74, 6) is -0.464. The van der Waals surface area contributed by atoms with E-state index in [2.05, 4.69) is 5.32 Å². The fourth-order valence-electron chi connectivity index (χ4n) is 2.10. The second-order valence-corrected chi connectivity index (χ2v) is 6.77. The largest absolute Gasteiger partial charge is 0.497 e. The van der Waals surface area contributed by atoms with Crippen molar-refractivity contribution in [2.75, 3.05) is 19.5 Å². The van der Waals surface area contributed by atoms with Crippen LogP contribution in [0.5, 0.6) is 5.75 Å². The molecule has 1 N–H and O–H groups in total. The van der Waals surface area contributed by atoms with E-state index in [4.69, 9.17) is 9.47 Å². The molecule has 0 heterocycles. The third kappa shape index (κ3) is 8.09. The van der Waals surface area contributed by atoms with E-state index in [1.807, 2.05) is 30.3 Å². The van der Waals surface area contributed by atoms with Crippen LogP contribution in [0.4, 0.5) is 0 Å². The molecule has 0 fully saturated rings. The van der Waals surface area contributed by atoms with Gasteiger partial charge in [0.05, 0.1) is 7.11 Å². The first-order chi connectivity index (χ1) is 13.6. The summed E-state index contributed by atoms with van der Waals surface area (Å²) in [6, 6.07) is 16.7. The molecule has 0 aliphatic rings. The Morgan fingerprint density at radius 2 is 1.71 bits per heavy atom. The number of hydrogen-bond acceptors (Lipinski definition) is 6. The molecule has 7 heteroatoms. The molecule has 0 aliphatic heterocycles. The zero-order chi connectivity index (χ0) is 20.2. The molecule has 0 atom stereocenters. The molecule has 2 amide bonds. The second kappa shape index (κ2) is 11.6. The van der Waals surface area contributed by atoms with Gasteiger partial charge in [-0.2, -0.15) is 0 Å².